The van der Waals surface area contributed by atoms with Crippen molar-refractivity contribution in [1.29, 1.82) is 0 Å². The Kier molecular flexibility index (Phi) is 6.07. The first-order valence-corrected chi connectivity index (χ1v) is 9.93. The molecule has 1 aromatic carbocycles. The van der Waals surface area contributed by atoms with Crippen LogP contribution in [0.2, 0.25) is 0 Å². The van der Waals surface area contributed by atoms with Crippen molar-refractivity contribution in [2.45, 2.75) is 39.2 Å². The smallest absolute Gasteiger partial charge is 0.314 e. The number of aliphatic hydroxyl groups excluding tert-OH is 1. The van der Waals surface area contributed by atoms with Crippen molar-refractivity contribution >= 4 is 22.8 Å². The molecule has 0 spiro atoms. The first-order valence-electron chi connectivity index (χ1n) is 9.93. The fourth-order valence-electron chi connectivity index (χ4n) is 3.95. The van der Waals surface area contributed by atoms with Gasteiger partial charge >= 0.3 is 5.97 Å². The Morgan fingerprint density at radius 3 is 2.72 bits per heavy atom. The molecule has 0 saturated carbocycles. The number of amides is 1. The summed E-state index contributed by atoms with van der Waals surface area (Å²) >= 11 is 0. The number of ether oxygens (including phenoxy) is 1. The summed E-state index contributed by atoms with van der Waals surface area (Å²) in [7, 11) is 1.54. The summed E-state index contributed by atoms with van der Waals surface area (Å²) in [6.45, 7) is 4.28. The molecule has 156 valence electrons. The molecule has 0 unspecified atom stereocenters. The number of piperidine rings is 1. The van der Waals surface area contributed by atoms with Crippen LogP contribution in [-0.4, -0.2) is 58.3 Å². The average molecular weight is 400 g/mol. The van der Waals surface area contributed by atoms with Gasteiger partial charge in [-0.3, -0.25) is 9.59 Å². The highest BCUT2D eigenvalue weighted by Gasteiger charge is 2.50. The molecule has 2 heterocycles. The normalized spacial score (nSPS) is 22.1. The van der Waals surface area contributed by atoms with E-state index in [9.17, 15) is 19.8 Å². The van der Waals surface area contributed by atoms with Crippen LogP contribution in [0.5, 0.6) is 5.75 Å². The van der Waals surface area contributed by atoms with E-state index in [0.29, 0.717) is 30.0 Å². The van der Waals surface area contributed by atoms with Crippen LogP contribution >= 0.6 is 0 Å². The largest absolute Gasteiger partial charge is 0.496 e. The molecule has 29 heavy (non-hydrogen) atoms. The fourth-order valence-corrected chi connectivity index (χ4v) is 3.95. The monoisotopic (exact) mass is 400 g/mol. The molecule has 1 amide bonds. The van der Waals surface area contributed by atoms with Crippen molar-refractivity contribution in [3.63, 3.8) is 0 Å². The van der Waals surface area contributed by atoms with Crippen LogP contribution in [0.1, 0.15) is 43.6 Å². The number of rotatable bonds is 6. The Morgan fingerprint density at radius 2 is 2.07 bits per heavy atom. The van der Waals surface area contributed by atoms with Crippen LogP contribution < -0.4 is 4.74 Å². The highest BCUT2D eigenvalue weighted by molar-refractivity contribution is 5.97. The van der Waals surface area contributed by atoms with E-state index >= 15 is 0 Å². The van der Waals surface area contributed by atoms with Crippen LogP contribution in [0.15, 0.2) is 30.3 Å². The van der Waals surface area contributed by atoms with Gasteiger partial charge in [-0.05, 0) is 37.3 Å². The lowest BCUT2D eigenvalue weighted by Crippen LogP contribution is -2.57. The maximum atomic E-state index is 13.2. The lowest BCUT2D eigenvalue weighted by Gasteiger charge is -2.43. The second-order valence-electron chi connectivity index (χ2n) is 8.15. The second kappa shape index (κ2) is 8.37. The van der Waals surface area contributed by atoms with Crippen molar-refractivity contribution in [2.24, 2.45) is 11.3 Å². The number of para-hydroxylation sites is 1. The van der Waals surface area contributed by atoms with E-state index in [1.54, 1.807) is 12.1 Å². The van der Waals surface area contributed by atoms with Gasteiger partial charge < -0.3 is 19.8 Å². The quantitative estimate of drug-likeness (QED) is 0.773. The van der Waals surface area contributed by atoms with Gasteiger partial charge in [0.25, 0.3) is 5.91 Å². The maximum Gasteiger partial charge on any atom is 0.314 e. The number of hydrogen-bond donors (Lipinski definition) is 2. The number of aliphatic carboxylic acids is 1. The number of aliphatic hydroxyl groups is 1. The van der Waals surface area contributed by atoms with Crippen molar-refractivity contribution < 1.29 is 24.5 Å². The summed E-state index contributed by atoms with van der Waals surface area (Å²) < 4.78 is 5.42. The third kappa shape index (κ3) is 4.05. The number of likely N-dealkylation sites (tertiary alicyclic amines) is 1. The minimum absolute atomic E-state index is 0.0358. The Bertz CT molecular complexity index is 913. The van der Waals surface area contributed by atoms with E-state index in [2.05, 4.69) is 4.98 Å². The Hall–Kier alpha value is -2.67. The van der Waals surface area contributed by atoms with Gasteiger partial charge in [0, 0.05) is 24.5 Å². The molecule has 1 aromatic heterocycles. The van der Waals surface area contributed by atoms with Crippen molar-refractivity contribution in [1.82, 2.24) is 9.88 Å². The van der Waals surface area contributed by atoms with Crippen molar-refractivity contribution in [3.8, 4) is 5.75 Å². The van der Waals surface area contributed by atoms with Gasteiger partial charge in [0.2, 0.25) is 0 Å². The Morgan fingerprint density at radius 1 is 1.34 bits per heavy atom. The van der Waals surface area contributed by atoms with Gasteiger partial charge in [-0.15, -0.1) is 0 Å². The molecule has 1 aliphatic heterocycles. The molecular formula is C22H28N2O5. The van der Waals surface area contributed by atoms with E-state index in [4.69, 9.17) is 4.74 Å². The summed E-state index contributed by atoms with van der Waals surface area (Å²) in [4.78, 5) is 31.3. The van der Waals surface area contributed by atoms with Crippen molar-refractivity contribution in [2.75, 3.05) is 20.2 Å². The number of nitrogens with zero attached hydrogens (tertiary/aromatic N) is 2. The summed E-state index contributed by atoms with van der Waals surface area (Å²) in [6, 6.07) is 8.97. The molecule has 7 heteroatoms. The number of fused-ring (bicyclic) bond motifs is 1. The summed E-state index contributed by atoms with van der Waals surface area (Å²) in [5.74, 6) is -0.570. The minimum Gasteiger partial charge on any atom is -0.496 e. The Balaban J connectivity index is 1.93. The van der Waals surface area contributed by atoms with Gasteiger partial charge in [-0.2, -0.15) is 0 Å². The van der Waals surface area contributed by atoms with E-state index in [1.165, 1.54) is 12.0 Å². The standard InChI is InChI=1S/C22H28N2O5/c1-14(2)8-10-22(21(27)28)13-24(11-9-19(22)25)20(26)17-12-18(29-3)15-6-4-5-7-16(15)23-17/h4-7,12,14,19,25H,8-11,13H2,1-3H3,(H,27,28)/t19-,22-/m1/s1. The highest BCUT2D eigenvalue weighted by Crippen LogP contribution is 2.37. The number of carbonyl (C=O) groups excluding carboxylic acids is 1. The highest BCUT2D eigenvalue weighted by atomic mass is 16.5. The molecular weight excluding hydrogens is 372 g/mol. The molecule has 2 aromatic rings. The number of carbonyl (C=O) groups is 2. The maximum absolute atomic E-state index is 13.2. The zero-order valence-electron chi connectivity index (χ0n) is 17.1. The molecule has 7 nitrogen and oxygen atoms in total. The number of pyridine rings is 1. The Labute approximate surface area is 170 Å². The molecule has 2 N–H and O–H groups in total. The van der Waals surface area contributed by atoms with Gasteiger partial charge in [0.15, 0.2) is 0 Å². The number of carboxylic acid groups (broad SMARTS) is 1. The lowest BCUT2D eigenvalue weighted by atomic mass is 9.72. The zero-order valence-corrected chi connectivity index (χ0v) is 17.1. The number of aromatic nitrogens is 1. The number of methoxy groups -OCH3 is 1. The molecule has 0 bridgehead atoms. The molecule has 1 aliphatic rings. The van der Waals surface area contributed by atoms with Crippen LogP contribution in [-0.2, 0) is 4.79 Å². The third-order valence-corrected chi connectivity index (χ3v) is 5.78. The zero-order chi connectivity index (χ0) is 21.2. The first kappa shape index (κ1) is 21.0. The van der Waals surface area contributed by atoms with Crippen LogP contribution in [0.3, 0.4) is 0 Å². The van der Waals surface area contributed by atoms with Gasteiger partial charge in [-0.1, -0.05) is 26.0 Å². The fraction of sp³-hybridized carbons (Fsp3) is 0.500. The van der Waals surface area contributed by atoms with E-state index < -0.39 is 17.5 Å². The number of hydrogen-bond acceptors (Lipinski definition) is 5. The molecule has 2 atom stereocenters. The van der Waals surface area contributed by atoms with Crippen LogP contribution in [0, 0.1) is 11.3 Å². The SMILES string of the molecule is COc1cc(C(=O)N2CC[C@@H](O)[C@](CCC(C)C)(C(=O)O)C2)nc2ccccc12. The summed E-state index contributed by atoms with van der Waals surface area (Å²) in [5, 5.41) is 21.3. The second-order valence-corrected chi connectivity index (χ2v) is 8.15. The number of benzene rings is 1. The van der Waals surface area contributed by atoms with Gasteiger partial charge in [0.05, 0.1) is 18.7 Å². The third-order valence-electron chi connectivity index (χ3n) is 5.78. The van der Waals surface area contributed by atoms with E-state index in [0.717, 1.165) is 5.39 Å². The first-order chi connectivity index (χ1) is 13.8. The van der Waals surface area contributed by atoms with Crippen LogP contribution in [0.25, 0.3) is 10.9 Å². The molecule has 1 saturated heterocycles. The number of carboxylic acids is 1. The predicted octanol–water partition coefficient (Wildman–Crippen LogP) is 2.96. The molecule has 3 rings (SSSR count). The molecule has 0 radical (unpaired) electrons. The summed E-state index contributed by atoms with van der Waals surface area (Å²) in [5.41, 5.74) is -0.518. The molecule has 0 aliphatic carbocycles. The predicted molar refractivity (Wildman–Crippen MR) is 109 cm³/mol. The van der Waals surface area contributed by atoms with Gasteiger partial charge in [0.1, 0.15) is 16.9 Å². The topological polar surface area (TPSA) is 100.0 Å². The van der Waals surface area contributed by atoms with E-state index in [1.807, 2.05) is 32.0 Å². The molecule has 1 fully saturated rings. The minimum atomic E-state index is -1.36. The van der Waals surface area contributed by atoms with Crippen LogP contribution in [0.4, 0.5) is 0 Å². The van der Waals surface area contributed by atoms with Gasteiger partial charge in [-0.25, -0.2) is 4.98 Å². The van der Waals surface area contributed by atoms with Crippen molar-refractivity contribution in [3.05, 3.63) is 36.0 Å². The average Bonchev–Trinajstić information content (AvgIpc) is 2.71. The lowest BCUT2D eigenvalue weighted by molar-refractivity contribution is -0.163. The van der Waals surface area contributed by atoms with E-state index in [-0.39, 0.29) is 31.1 Å². The summed E-state index contributed by atoms with van der Waals surface area (Å²) in [6.07, 6.45) is 0.218.